The van der Waals surface area contributed by atoms with Gasteiger partial charge in [0.05, 0.1) is 13.2 Å². The van der Waals surface area contributed by atoms with Gasteiger partial charge in [-0.05, 0) is 37.6 Å². The molecule has 25 heavy (non-hydrogen) atoms. The Labute approximate surface area is 153 Å². The molecule has 0 fully saturated rings. The van der Waals surface area contributed by atoms with E-state index in [-0.39, 0.29) is 18.8 Å². The monoisotopic (exact) mass is 380 g/mol. The quantitative estimate of drug-likeness (QED) is 0.193. The van der Waals surface area contributed by atoms with Crippen LogP contribution in [0.3, 0.4) is 0 Å². The number of hydrogen-bond acceptors (Lipinski definition) is 6. The summed E-state index contributed by atoms with van der Waals surface area (Å²) in [5, 5.41) is 0. The van der Waals surface area contributed by atoms with Crippen LogP contribution in [0.15, 0.2) is 41.6 Å². The molecular formula is C17H24O6Si2. The lowest BCUT2D eigenvalue weighted by molar-refractivity contribution is -0.146. The summed E-state index contributed by atoms with van der Waals surface area (Å²) < 4.78 is 20.6. The summed E-state index contributed by atoms with van der Waals surface area (Å²) in [6, 6.07) is 7.06. The van der Waals surface area contributed by atoms with Crippen LogP contribution < -0.4 is 4.74 Å². The Morgan fingerprint density at radius 2 is 1.68 bits per heavy atom. The SMILES string of the molecule is CCOC(=O)C(=Cc1ccc(OCC=C[SiH2]O[SiH3])cc1)C(=O)OCC. The summed E-state index contributed by atoms with van der Waals surface area (Å²) in [6.45, 7) is 4.20. The Balaban J connectivity index is 2.80. The van der Waals surface area contributed by atoms with Crippen LogP contribution in [0.1, 0.15) is 19.4 Å². The summed E-state index contributed by atoms with van der Waals surface area (Å²) in [7, 11) is 0.259. The van der Waals surface area contributed by atoms with Gasteiger partial charge in [0, 0.05) is 0 Å². The normalized spacial score (nSPS) is 11.0. The van der Waals surface area contributed by atoms with E-state index in [4.69, 9.17) is 18.3 Å². The van der Waals surface area contributed by atoms with Gasteiger partial charge in [-0.15, -0.1) is 0 Å². The van der Waals surface area contributed by atoms with E-state index in [0.717, 1.165) is 10.5 Å². The lowest BCUT2D eigenvalue weighted by Gasteiger charge is -2.07. The summed E-state index contributed by atoms with van der Waals surface area (Å²) in [6.07, 6.45) is 3.39. The molecule has 6 nitrogen and oxygen atoms in total. The van der Waals surface area contributed by atoms with Crippen LogP contribution in [0, 0.1) is 0 Å². The van der Waals surface area contributed by atoms with Crippen molar-refractivity contribution in [3.05, 3.63) is 47.2 Å². The number of rotatable bonds is 10. The summed E-state index contributed by atoms with van der Waals surface area (Å²) in [5.74, 6) is -0.697. The van der Waals surface area contributed by atoms with E-state index in [1.165, 1.54) is 6.08 Å². The van der Waals surface area contributed by atoms with Crippen molar-refractivity contribution in [3.63, 3.8) is 0 Å². The van der Waals surface area contributed by atoms with Crippen molar-refractivity contribution in [2.24, 2.45) is 0 Å². The second-order valence-corrected chi connectivity index (χ2v) is 7.92. The molecule has 0 aliphatic carbocycles. The summed E-state index contributed by atoms with van der Waals surface area (Å²) in [5.41, 5.74) is 2.58. The minimum atomic E-state index is -0.697. The molecule has 0 aromatic heterocycles. The first-order chi connectivity index (χ1) is 12.1. The topological polar surface area (TPSA) is 71.1 Å². The summed E-state index contributed by atoms with van der Waals surface area (Å²) in [4.78, 5) is 23.9. The van der Waals surface area contributed by atoms with Crippen LogP contribution in [0.5, 0.6) is 5.75 Å². The van der Waals surface area contributed by atoms with Crippen molar-refractivity contribution in [1.82, 2.24) is 0 Å². The Morgan fingerprint density at radius 1 is 1.08 bits per heavy atom. The zero-order chi connectivity index (χ0) is 18.5. The van der Waals surface area contributed by atoms with Gasteiger partial charge in [0.25, 0.3) is 0 Å². The van der Waals surface area contributed by atoms with E-state index < -0.39 is 21.7 Å². The van der Waals surface area contributed by atoms with Gasteiger partial charge in [0.2, 0.25) is 0 Å². The number of carbonyl (C=O) groups is 2. The van der Waals surface area contributed by atoms with Gasteiger partial charge < -0.3 is 18.3 Å². The molecule has 0 aliphatic heterocycles. The molecule has 0 amide bonds. The summed E-state index contributed by atoms with van der Waals surface area (Å²) >= 11 is 0. The lowest BCUT2D eigenvalue weighted by Crippen LogP contribution is -2.18. The first-order valence-electron chi connectivity index (χ1n) is 8.05. The van der Waals surface area contributed by atoms with Crippen molar-refractivity contribution in [3.8, 4) is 5.75 Å². The van der Waals surface area contributed by atoms with Crippen molar-refractivity contribution < 1.29 is 27.9 Å². The van der Waals surface area contributed by atoms with Gasteiger partial charge in [0.15, 0.2) is 9.76 Å². The number of hydrogen-bond donors (Lipinski definition) is 0. The van der Waals surface area contributed by atoms with Crippen molar-refractivity contribution in [2.75, 3.05) is 19.8 Å². The minimum Gasteiger partial charge on any atom is -0.490 e. The van der Waals surface area contributed by atoms with Gasteiger partial charge in [-0.3, -0.25) is 0 Å². The maximum Gasteiger partial charge on any atom is 0.345 e. The average molecular weight is 381 g/mol. The van der Waals surface area contributed by atoms with Crippen LogP contribution in [-0.2, 0) is 23.2 Å². The zero-order valence-corrected chi connectivity index (χ0v) is 18.2. The molecule has 0 saturated heterocycles. The predicted octanol–water partition coefficient (Wildman–Crippen LogP) is 0.470. The third kappa shape index (κ3) is 7.97. The molecule has 136 valence electrons. The van der Waals surface area contributed by atoms with E-state index in [2.05, 4.69) is 0 Å². The Morgan fingerprint density at radius 3 is 2.20 bits per heavy atom. The molecule has 1 rings (SSSR count). The minimum absolute atomic E-state index is 0.131. The maximum atomic E-state index is 11.9. The van der Waals surface area contributed by atoms with Gasteiger partial charge in [0.1, 0.15) is 28.4 Å². The van der Waals surface area contributed by atoms with E-state index in [9.17, 15) is 9.59 Å². The average Bonchev–Trinajstić information content (AvgIpc) is 2.61. The van der Waals surface area contributed by atoms with Gasteiger partial charge in [-0.1, -0.05) is 23.9 Å². The first kappa shape index (κ1) is 20.9. The van der Waals surface area contributed by atoms with Gasteiger partial charge >= 0.3 is 11.9 Å². The van der Waals surface area contributed by atoms with E-state index in [1.54, 1.807) is 38.1 Å². The smallest absolute Gasteiger partial charge is 0.345 e. The fourth-order valence-corrected chi connectivity index (χ4v) is 2.86. The van der Waals surface area contributed by atoms with Crippen LogP contribution in [0.25, 0.3) is 6.08 Å². The highest BCUT2D eigenvalue weighted by Crippen LogP contribution is 2.16. The van der Waals surface area contributed by atoms with Crippen LogP contribution in [0.4, 0.5) is 0 Å². The van der Waals surface area contributed by atoms with Crippen molar-refractivity contribution in [2.45, 2.75) is 13.8 Å². The lowest BCUT2D eigenvalue weighted by atomic mass is 10.1. The molecule has 0 unspecified atom stereocenters. The van der Waals surface area contributed by atoms with Crippen LogP contribution >= 0.6 is 0 Å². The Hall–Kier alpha value is -2.17. The second-order valence-electron chi connectivity index (χ2n) is 4.81. The number of esters is 2. The van der Waals surface area contributed by atoms with Crippen LogP contribution in [-0.4, -0.2) is 52.0 Å². The highest BCUT2D eigenvalue weighted by atomic mass is 28.3. The Bertz CT molecular complexity index is 590. The third-order valence-electron chi connectivity index (χ3n) is 2.96. The van der Waals surface area contributed by atoms with Gasteiger partial charge in [-0.2, -0.15) is 0 Å². The van der Waals surface area contributed by atoms with Crippen LogP contribution in [0.2, 0.25) is 0 Å². The third-order valence-corrected chi connectivity index (χ3v) is 4.82. The predicted molar refractivity (Wildman–Crippen MR) is 102 cm³/mol. The molecule has 1 aromatic carbocycles. The number of carbonyl (C=O) groups excluding carboxylic acids is 2. The molecular weight excluding hydrogens is 356 g/mol. The highest BCUT2D eigenvalue weighted by Gasteiger charge is 2.20. The number of ether oxygens (including phenoxy) is 3. The molecule has 0 radical (unpaired) electrons. The first-order valence-corrected chi connectivity index (χ1v) is 10.3. The molecule has 0 bridgehead atoms. The molecule has 0 heterocycles. The molecule has 1 aromatic rings. The van der Waals surface area contributed by atoms with Crippen molar-refractivity contribution >= 4 is 38.3 Å². The highest BCUT2D eigenvalue weighted by molar-refractivity contribution is 6.39. The fourth-order valence-electron chi connectivity index (χ4n) is 1.82. The molecule has 0 saturated carbocycles. The van der Waals surface area contributed by atoms with Crippen molar-refractivity contribution in [1.29, 1.82) is 0 Å². The Kier molecular flexibility index (Phi) is 10.2. The zero-order valence-electron chi connectivity index (χ0n) is 14.8. The fraction of sp³-hybridized carbons (Fsp3) is 0.294. The molecule has 0 N–H and O–H groups in total. The molecule has 0 spiro atoms. The molecule has 0 atom stereocenters. The van der Waals surface area contributed by atoms with E-state index >= 15 is 0 Å². The second kappa shape index (κ2) is 12.2. The maximum absolute atomic E-state index is 11.9. The molecule has 8 heteroatoms. The number of benzene rings is 1. The van der Waals surface area contributed by atoms with Gasteiger partial charge in [-0.25, -0.2) is 9.59 Å². The standard InChI is InChI=1S/C17H24O6Si2/c1-3-20-16(18)15(17(19)21-4-2)12-13-6-8-14(9-7-13)22-10-5-11-25-23-24/h5-9,11-12H,3-4,10,25H2,1-2,24H3. The van der Waals surface area contributed by atoms with E-state index in [0.29, 0.717) is 17.9 Å². The largest absolute Gasteiger partial charge is 0.490 e. The van der Waals surface area contributed by atoms with E-state index in [1.807, 2.05) is 11.8 Å². The molecule has 0 aliphatic rings.